The Hall–Kier alpha value is -1.40. The fourth-order valence-electron chi connectivity index (χ4n) is 1.29. The van der Waals surface area contributed by atoms with E-state index in [0.29, 0.717) is 11.6 Å². The minimum Gasteiger partial charge on any atom is -0.497 e. The first-order valence-corrected chi connectivity index (χ1v) is 7.05. The van der Waals surface area contributed by atoms with Gasteiger partial charge in [0.15, 0.2) is 10.2 Å². The fraction of sp³-hybridized carbons (Fsp3) is 0.250. The van der Waals surface area contributed by atoms with Crippen LogP contribution < -0.4 is 4.74 Å². The van der Waals surface area contributed by atoms with Gasteiger partial charge in [0.1, 0.15) is 11.5 Å². The van der Waals surface area contributed by atoms with E-state index in [-0.39, 0.29) is 5.78 Å². The molecule has 94 valence electrons. The van der Waals surface area contributed by atoms with Gasteiger partial charge in [-0.05, 0) is 42.7 Å². The van der Waals surface area contributed by atoms with Gasteiger partial charge < -0.3 is 4.74 Å². The third-order valence-corrected chi connectivity index (χ3v) is 4.13. The van der Waals surface area contributed by atoms with E-state index in [1.165, 1.54) is 23.3 Å². The number of nitrogens with zero attached hydrogens (tertiary/aromatic N) is 2. The van der Waals surface area contributed by atoms with E-state index in [9.17, 15) is 4.79 Å². The van der Waals surface area contributed by atoms with Crippen LogP contribution in [0.1, 0.15) is 6.92 Å². The van der Waals surface area contributed by atoms with Gasteiger partial charge in [-0.2, -0.15) is 4.37 Å². The highest BCUT2D eigenvalue weighted by molar-refractivity contribution is 8.01. The SMILES string of the molecule is COc1ccc(-c2nsc(SCC(C)=O)n2)cc1. The molecule has 0 amide bonds. The molecule has 0 N–H and O–H groups in total. The smallest absolute Gasteiger partial charge is 0.174 e. The molecule has 0 spiro atoms. The van der Waals surface area contributed by atoms with E-state index in [0.717, 1.165) is 15.7 Å². The zero-order valence-electron chi connectivity index (χ0n) is 10.0. The predicted molar refractivity (Wildman–Crippen MR) is 73.3 cm³/mol. The number of methoxy groups -OCH3 is 1. The number of hydrogen-bond acceptors (Lipinski definition) is 6. The lowest BCUT2D eigenvalue weighted by atomic mass is 10.2. The molecule has 6 heteroatoms. The van der Waals surface area contributed by atoms with E-state index in [4.69, 9.17) is 4.74 Å². The molecule has 0 aliphatic carbocycles. The molecular formula is C12H12N2O2S2. The van der Waals surface area contributed by atoms with Gasteiger partial charge in [0.25, 0.3) is 0 Å². The molecule has 0 atom stereocenters. The number of thioether (sulfide) groups is 1. The number of ether oxygens (including phenoxy) is 1. The third kappa shape index (κ3) is 3.30. The number of ketones is 1. The Labute approximate surface area is 114 Å². The number of rotatable bonds is 5. The molecule has 0 saturated heterocycles. The second-order valence-electron chi connectivity index (χ2n) is 3.60. The number of benzene rings is 1. The van der Waals surface area contributed by atoms with Crippen molar-refractivity contribution in [3.8, 4) is 17.1 Å². The van der Waals surface area contributed by atoms with Gasteiger partial charge in [0.2, 0.25) is 0 Å². The lowest BCUT2D eigenvalue weighted by Gasteiger charge is -1.99. The minimum atomic E-state index is 0.140. The van der Waals surface area contributed by atoms with Gasteiger partial charge in [0.05, 0.1) is 12.9 Å². The summed E-state index contributed by atoms with van der Waals surface area (Å²) in [6, 6.07) is 7.58. The second-order valence-corrected chi connectivity index (χ2v) is 5.58. The molecule has 0 unspecified atom stereocenters. The topological polar surface area (TPSA) is 52.1 Å². The van der Waals surface area contributed by atoms with Gasteiger partial charge >= 0.3 is 0 Å². The van der Waals surface area contributed by atoms with Gasteiger partial charge in [-0.15, -0.1) is 0 Å². The Morgan fingerprint density at radius 3 is 2.72 bits per heavy atom. The van der Waals surface area contributed by atoms with Crippen molar-refractivity contribution in [2.75, 3.05) is 12.9 Å². The highest BCUT2D eigenvalue weighted by Crippen LogP contribution is 2.26. The van der Waals surface area contributed by atoms with Crippen LogP contribution in [-0.2, 0) is 4.79 Å². The van der Waals surface area contributed by atoms with Crippen molar-refractivity contribution in [2.24, 2.45) is 0 Å². The quantitative estimate of drug-likeness (QED) is 0.788. The zero-order chi connectivity index (χ0) is 13.0. The monoisotopic (exact) mass is 280 g/mol. The molecule has 0 radical (unpaired) electrons. The van der Waals surface area contributed by atoms with E-state index in [1.54, 1.807) is 14.0 Å². The molecule has 0 saturated carbocycles. The second kappa shape index (κ2) is 5.97. The van der Waals surface area contributed by atoms with Crippen molar-refractivity contribution >= 4 is 29.1 Å². The normalized spacial score (nSPS) is 10.3. The maximum atomic E-state index is 10.9. The molecule has 0 aliphatic heterocycles. The standard InChI is InChI=1S/C12H12N2O2S2/c1-8(15)7-17-12-13-11(14-18-12)9-3-5-10(16-2)6-4-9/h3-6H,7H2,1-2H3. The van der Waals surface area contributed by atoms with Crippen LogP contribution in [0.5, 0.6) is 5.75 Å². The molecule has 1 aromatic carbocycles. The summed E-state index contributed by atoms with van der Waals surface area (Å²) in [5.74, 6) is 2.08. The average Bonchev–Trinajstić information content (AvgIpc) is 2.85. The highest BCUT2D eigenvalue weighted by Gasteiger charge is 2.08. The number of carbonyl (C=O) groups excluding carboxylic acids is 1. The predicted octanol–water partition coefficient (Wildman–Crippen LogP) is 2.89. The summed E-state index contributed by atoms with van der Waals surface area (Å²) in [5.41, 5.74) is 0.946. The number of Topliss-reactive ketones (excluding diaryl/α,β-unsaturated/α-hetero) is 1. The van der Waals surface area contributed by atoms with Crippen LogP contribution in [-0.4, -0.2) is 28.0 Å². The maximum Gasteiger partial charge on any atom is 0.174 e. The Morgan fingerprint density at radius 2 is 2.11 bits per heavy atom. The van der Waals surface area contributed by atoms with Crippen molar-refractivity contribution in [3.63, 3.8) is 0 Å². The van der Waals surface area contributed by atoms with Gasteiger partial charge in [-0.3, -0.25) is 4.79 Å². The van der Waals surface area contributed by atoms with Crippen LogP contribution >= 0.6 is 23.3 Å². The van der Waals surface area contributed by atoms with Crippen molar-refractivity contribution in [3.05, 3.63) is 24.3 Å². The van der Waals surface area contributed by atoms with Crippen molar-refractivity contribution in [2.45, 2.75) is 11.3 Å². The fourth-order valence-corrected chi connectivity index (χ4v) is 2.70. The lowest BCUT2D eigenvalue weighted by molar-refractivity contribution is -0.114. The number of carbonyl (C=O) groups is 1. The number of hydrogen-bond donors (Lipinski definition) is 0. The van der Waals surface area contributed by atoms with Crippen LogP contribution in [0.4, 0.5) is 0 Å². The Kier molecular flexibility index (Phi) is 4.33. The van der Waals surface area contributed by atoms with Gasteiger partial charge in [0, 0.05) is 5.56 Å². The maximum absolute atomic E-state index is 10.9. The van der Waals surface area contributed by atoms with Gasteiger partial charge in [-0.1, -0.05) is 11.8 Å². The van der Waals surface area contributed by atoms with E-state index in [2.05, 4.69) is 9.36 Å². The Morgan fingerprint density at radius 1 is 1.39 bits per heavy atom. The third-order valence-electron chi connectivity index (χ3n) is 2.15. The molecule has 1 aromatic heterocycles. The largest absolute Gasteiger partial charge is 0.497 e. The zero-order valence-corrected chi connectivity index (χ0v) is 11.7. The summed E-state index contributed by atoms with van der Waals surface area (Å²) in [5, 5.41) is 0. The molecule has 1 heterocycles. The molecule has 2 aromatic rings. The lowest BCUT2D eigenvalue weighted by Crippen LogP contribution is -1.92. The van der Waals surface area contributed by atoms with E-state index >= 15 is 0 Å². The molecular weight excluding hydrogens is 268 g/mol. The van der Waals surface area contributed by atoms with Crippen molar-refractivity contribution < 1.29 is 9.53 Å². The van der Waals surface area contributed by atoms with Crippen molar-refractivity contribution in [1.82, 2.24) is 9.36 Å². The first kappa shape index (κ1) is 13.0. The van der Waals surface area contributed by atoms with E-state index in [1.807, 2.05) is 24.3 Å². The van der Waals surface area contributed by atoms with E-state index < -0.39 is 0 Å². The minimum absolute atomic E-state index is 0.140. The Bertz CT molecular complexity index is 537. The molecule has 2 rings (SSSR count). The summed E-state index contributed by atoms with van der Waals surface area (Å²) >= 11 is 2.74. The summed E-state index contributed by atoms with van der Waals surface area (Å²) in [4.78, 5) is 15.3. The Balaban J connectivity index is 2.10. The first-order valence-electron chi connectivity index (χ1n) is 5.29. The summed E-state index contributed by atoms with van der Waals surface area (Å²) in [6.07, 6.45) is 0. The molecule has 0 fully saturated rings. The molecule has 18 heavy (non-hydrogen) atoms. The summed E-state index contributed by atoms with van der Waals surface area (Å²) in [7, 11) is 1.63. The average molecular weight is 280 g/mol. The number of aromatic nitrogens is 2. The van der Waals surface area contributed by atoms with Crippen LogP contribution in [0.25, 0.3) is 11.4 Å². The van der Waals surface area contributed by atoms with Gasteiger partial charge in [-0.25, -0.2) is 4.98 Å². The van der Waals surface area contributed by atoms with Crippen LogP contribution in [0.2, 0.25) is 0 Å². The van der Waals surface area contributed by atoms with Crippen LogP contribution in [0.15, 0.2) is 28.6 Å². The van der Waals surface area contributed by atoms with Crippen LogP contribution in [0, 0.1) is 0 Å². The van der Waals surface area contributed by atoms with Crippen molar-refractivity contribution in [1.29, 1.82) is 0 Å². The molecule has 0 aliphatic rings. The highest BCUT2D eigenvalue weighted by atomic mass is 32.2. The first-order chi connectivity index (χ1) is 8.69. The van der Waals surface area contributed by atoms with Crippen LogP contribution in [0.3, 0.4) is 0 Å². The summed E-state index contributed by atoms with van der Waals surface area (Å²) in [6.45, 7) is 1.57. The molecule has 0 bridgehead atoms. The molecule has 4 nitrogen and oxygen atoms in total. The summed E-state index contributed by atoms with van der Waals surface area (Å²) < 4.78 is 10.2.